The van der Waals surface area contributed by atoms with Crippen LogP contribution in [0.1, 0.15) is 36.9 Å². The van der Waals surface area contributed by atoms with Crippen LogP contribution in [0.15, 0.2) is 42.5 Å². The number of benzene rings is 1. The standard InChI is InChI=1S/C23H26N2O2/c1-15-2-4-18-14-19(6-7-21(18)24-15)23(27)8-10-25(11-9-23)22(26)20-13-16-3-5-17(20)12-16/h2-7,14,16-17,20,27H,8-13H2,1H3/t16-,17+,20-/m1/s1. The smallest absolute Gasteiger partial charge is 0.226 e. The number of aromatic nitrogens is 1. The predicted molar refractivity (Wildman–Crippen MR) is 105 cm³/mol. The fourth-order valence-electron chi connectivity index (χ4n) is 5.20. The van der Waals surface area contributed by atoms with Crippen molar-refractivity contribution >= 4 is 16.8 Å². The number of aliphatic hydroxyl groups is 1. The lowest BCUT2D eigenvalue weighted by Gasteiger charge is -2.40. The van der Waals surface area contributed by atoms with Crippen molar-refractivity contribution in [3.63, 3.8) is 0 Å². The SMILES string of the molecule is Cc1ccc2cc(C3(O)CCN(C(=O)[C@@H]4C[C@@H]5C=C[C@H]4C5)CC3)ccc2n1. The minimum atomic E-state index is -0.857. The van der Waals surface area contributed by atoms with Crippen LogP contribution in [-0.2, 0) is 10.4 Å². The Morgan fingerprint density at radius 1 is 1.15 bits per heavy atom. The maximum Gasteiger partial charge on any atom is 0.226 e. The Labute approximate surface area is 159 Å². The van der Waals surface area contributed by atoms with Gasteiger partial charge in [0.1, 0.15) is 0 Å². The molecular formula is C23H26N2O2. The van der Waals surface area contributed by atoms with E-state index in [1.54, 1.807) is 0 Å². The van der Waals surface area contributed by atoms with Crippen molar-refractivity contribution < 1.29 is 9.90 Å². The second kappa shape index (κ2) is 6.16. The van der Waals surface area contributed by atoms with E-state index < -0.39 is 5.60 Å². The van der Waals surface area contributed by atoms with Gasteiger partial charge in [0.25, 0.3) is 0 Å². The van der Waals surface area contributed by atoms with Gasteiger partial charge in [-0.15, -0.1) is 0 Å². The lowest BCUT2D eigenvalue weighted by atomic mass is 9.83. The van der Waals surface area contributed by atoms with Crippen LogP contribution in [0, 0.1) is 24.7 Å². The van der Waals surface area contributed by atoms with E-state index in [-0.39, 0.29) is 5.92 Å². The summed E-state index contributed by atoms with van der Waals surface area (Å²) in [5.74, 6) is 1.52. The summed E-state index contributed by atoms with van der Waals surface area (Å²) in [6.45, 7) is 3.26. The molecule has 1 aromatic carbocycles. The van der Waals surface area contributed by atoms with Crippen LogP contribution >= 0.6 is 0 Å². The van der Waals surface area contributed by atoms with Gasteiger partial charge in [0.05, 0.1) is 11.1 Å². The zero-order chi connectivity index (χ0) is 18.6. The van der Waals surface area contributed by atoms with E-state index in [0.29, 0.717) is 43.7 Å². The van der Waals surface area contributed by atoms with Gasteiger partial charge in [-0.2, -0.15) is 0 Å². The Kier molecular flexibility index (Phi) is 3.87. The number of carbonyl (C=O) groups is 1. The molecule has 4 nitrogen and oxygen atoms in total. The van der Waals surface area contributed by atoms with Gasteiger partial charge in [0, 0.05) is 30.1 Å². The summed E-state index contributed by atoms with van der Waals surface area (Å²) in [6.07, 6.45) is 7.87. The van der Waals surface area contributed by atoms with Crippen LogP contribution in [0.25, 0.3) is 10.9 Å². The molecule has 4 heteroatoms. The molecule has 5 rings (SSSR count). The van der Waals surface area contributed by atoms with Crippen molar-refractivity contribution in [2.75, 3.05) is 13.1 Å². The monoisotopic (exact) mass is 362 g/mol. The number of piperidine rings is 1. The molecule has 1 aliphatic heterocycles. The summed E-state index contributed by atoms with van der Waals surface area (Å²) < 4.78 is 0. The van der Waals surface area contributed by atoms with E-state index in [2.05, 4.69) is 29.3 Å². The highest BCUT2D eigenvalue weighted by Gasteiger charge is 2.43. The summed E-state index contributed by atoms with van der Waals surface area (Å²) in [6, 6.07) is 10.1. The molecule has 1 aromatic heterocycles. The molecule has 1 saturated carbocycles. The summed E-state index contributed by atoms with van der Waals surface area (Å²) in [4.78, 5) is 19.5. The van der Waals surface area contributed by atoms with E-state index in [1.807, 2.05) is 30.0 Å². The highest BCUT2D eigenvalue weighted by molar-refractivity contribution is 5.81. The largest absolute Gasteiger partial charge is 0.385 e. The van der Waals surface area contributed by atoms with Crippen molar-refractivity contribution in [2.45, 2.75) is 38.2 Å². The van der Waals surface area contributed by atoms with Crippen LogP contribution in [0.3, 0.4) is 0 Å². The van der Waals surface area contributed by atoms with Crippen LogP contribution < -0.4 is 0 Å². The summed E-state index contributed by atoms with van der Waals surface area (Å²) in [5.41, 5.74) is 2.04. The zero-order valence-electron chi connectivity index (χ0n) is 15.8. The molecule has 2 bridgehead atoms. The first kappa shape index (κ1) is 16.9. The van der Waals surface area contributed by atoms with Crippen molar-refractivity contribution in [3.05, 3.63) is 53.7 Å². The topological polar surface area (TPSA) is 53.4 Å². The van der Waals surface area contributed by atoms with E-state index in [9.17, 15) is 9.90 Å². The number of allylic oxidation sites excluding steroid dienone is 2. The number of carbonyl (C=O) groups excluding carboxylic acids is 1. The second-order valence-corrected chi connectivity index (χ2v) is 8.60. The number of fused-ring (bicyclic) bond motifs is 3. The van der Waals surface area contributed by atoms with E-state index >= 15 is 0 Å². The number of likely N-dealkylation sites (tertiary alicyclic amines) is 1. The summed E-state index contributed by atoms with van der Waals surface area (Å²) in [7, 11) is 0. The van der Waals surface area contributed by atoms with Gasteiger partial charge < -0.3 is 10.0 Å². The quantitative estimate of drug-likeness (QED) is 0.831. The Hall–Kier alpha value is -2.20. The fourth-order valence-corrected chi connectivity index (χ4v) is 5.20. The van der Waals surface area contributed by atoms with Gasteiger partial charge in [0.2, 0.25) is 5.91 Å². The number of nitrogens with zero attached hydrogens (tertiary/aromatic N) is 2. The Balaban J connectivity index is 1.31. The van der Waals surface area contributed by atoms with Gasteiger partial charge in [-0.05, 0) is 68.2 Å². The summed E-state index contributed by atoms with van der Waals surface area (Å²) >= 11 is 0. The van der Waals surface area contributed by atoms with Crippen LogP contribution in [-0.4, -0.2) is 34.0 Å². The van der Waals surface area contributed by atoms with Crippen molar-refractivity contribution in [1.82, 2.24) is 9.88 Å². The molecule has 0 spiro atoms. The Morgan fingerprint density at radius 2 is 1.96 bits per heavy atom. The third kappa shape index (κ3) is 2.87. The molecule has 0 unspecified atom stereocenters. The molecule has 3 atom stereocenters. The Bertz CT molecular complexity index is 927. The van der Waals surface area contributed by atoms with Crippen LogP contribution in [0.2, 0.25) is 0 Å². The number of aryl methyl sites for hydroxylation is 1. The first-order valence-electron chi connectivity index (χ1n) is 10.1. The molecule has 0 radical (unpaired) electrons. The van der Waals surface area contributed by atoms with Gasteiger partial charge in [-0.25, -0.2) is 0 Å². The average molecular weight is 362 g/mol. The minimum Gasteiger partial charge on any atom is -0.385 e. The molecule has 1 N–H and O–H groups in total. The molecule has 140 valence electrons. The van der Waals surface area contributed by atoms with Crippen molar-refractivity contribution in [1.29, 1.82) is 0 Å². The maximum atomic E-state index is 12.9. The highest BCUT2D eigenvalue weighted by atomic mass is 16.3. The fraction of sp³-hybridized carbons (Fsp3) is 0.478. The minimum absolute atomic E-state index is 0.168. The Morgan fingerprint density at radius 3 is 2.67 bits per heavy atom. The second-order valence-electron chi connectivity index (χ2n) is 8.60. The molecule has 1 amide bonds. The zero-order valence-corrected chi connectivity index (χ0v) is 15.8. The number of hydrogen-bond donors (Lipinski definition) is 1. The first-order chi connectivity index (χ1) is 13.0. The molecular weight excluding hydrogens is 336 g/mol. The lowest BCUT2D eigenvalue weighted by Crippen LogP contribution is -2.47. The molecule has 3 aliphatic rings. The molecule has 2 aromatic rings. The van der Waals surface area contributed by atoms with Gasteiger partial charge in [-0.1, -0.05) is 24.3 Å². The number of pyridine rings is 1. The lowest BCUT2D eigenvalue weighted by molar-refractivity contribution is -0.140. The normalized spacial score (nSPS) is 28.8. The third-order valence-electron chi connectivity index (χ3n) is 6.86. The van der Waals surface area contributed by atoms with Crippen LogP contribution in [0.4, 0.5) is 0 Å². The molecule has 2 heterocycles. The van der Waals surface area contributed by atoms with Gasteiger partial charge >= 0.3 is 0 Å². The third-order valence-corrected chi connectivity index (χ3v) is 6.86. The molecule has 1 saturated heterocycles. The average Bonchev–Trinajstić information content (AvgIpc) is 3.31. The van der Waals surface area contributed by atoms with Crippen molar-refractivity contribution in [3.8, 4) is 0 Å². The first-order valence-corrected chi connectivity index (χ1v) is 10.1. The maximum absolute atomic E-state index is 12.9. The molecule has 27 heavy (non-hydrogen) atoms. The number of rotatable bonds is 2. The van der Waals surface area contributed by atoms with Gasteiger partial charge in [0.15, 0.2) is 0 Å². The highest BCUT2D eigenvalue weighted by Crippen LogP contribution is 2.45. The van der Waals surface area contributed by atoms with E-state index in [4.69, 9.17) is 0 Å². The van der Waals surface area contributed by atoms with E-state index in [1.165, 1.54) is 0 Å². The molecule has 2 aliphatic carbocycles. The van der Waals surface area contributed by atoms with Crippen molar-refractivity contribution in [2.24, 2.45) is 17.8 Å². The number of hydrogen-bond acceptors (Lipinski definition) is 3. The predicted octanol–water partition coefficient (Wildman–Crippen LogP) is 3.57. The van der Waals surface area contributed by atoms with Crippen LogP contribution in [0.5, 0.6) is 0 Å². The van der Waals surface area contributed by atoms with E-state index in [0.717, 1.165) is 35.0 Å². The molecule has 2 fully saturated rings. The van der Waals surface area contributed by atoms with Gasteiger partial charge in [-0.3, -0.25) is 9.78 Å². The summed E-state index contributed by atoms with van der Waals surface area (Å²) in [5, 5.41) is 12.3. The number of amides is 1.